The molecule has 5 nitrogen and oxygen atoms in total. The molecule has 1 aromatic rings. The summed E-state index contributed by atoms with van der Waals surface area (Å²) in [4.78, 5) is 8.06. The summed E-state index contributed by atoms with van der Waals surface area (Å²) in [7, 11) is 0. The Morgan fingerprint density at radius 1 is 1.41 bits per heavy atom. The Morgan fingerprint density at radius 2 is 2.29 bits per heavy atom. The SMILES string of the molecule is C=CCCOCCNc1cc(OCC)ncn1. The minimum Gasteiger partial charge on any atom is -0.478 e. The molecule has 1 N–H and O–H groups in total. The molecule has 0 fully saturated rings. The zero-order valence-electron chi connectivity index (χ0n) is 10.2. The van der Waals surface area contributed by atoms with Crippen LogP contribution in [0.2, 0.25) is 0 Å². The fraction of sp³-hybridized carbons (Fsp3) is 0.500. The molecule has 0 aliphatic carbocycles. The summed E-state index contributed by atoms with van der Waals surface area (Å²) >= 11 is 0. The maximum Gasteiger partial charge on any atom is 0.218 e. The van der Waals surface area contributed by atoms with Crippen molar-refractivity contribution in [1.82, 2.24) is 9.97 Å². The molecule has 0 unspecified atom stereocenters. The third kappa shape index (κ3) is 5.87. The molecule has 0 atom stereocenters. The number of anilines is 1. The van der Waals surface area contributed by atoms with Crippen LogP contribution in [0, 0.1) is 0 Å². The first-order valence-corrected chi connectivity index (χ1v) is 5.74. The monoisotopic (exact) mass is 237 g/mol. The Hall–Kier alpha value is -1.62. The Kier molecular flexibility index (Phi) is 6.74. The highest BCUT2D eigenvalue weighted by Gasteiger charge is 1.98. The molecule has 94 valence electrons. The van der Waals surface area contributed by atoms with E-state index in [0.29, 0.717) is 32.2 Å². The van der Waals surface area contributed by atoms with Gasteiger partial charge < -0.3 is 14.8 Å². The molecule has 0 saturated heterocycles. The topological polar surface area (TPSA) is 56.3 Å². The van der Waals surface area contributed by atoms with Crippen molar-refractivity contribution >= 4 is 5.82 Å². The minimum atomic E-state index is 0.581. The highest BCUT2D eigenvalue weighted by atomic mass is 16.5. The van der Waals surface area contributed by atoms with Gasteiger partial charge in [-0.3, -0.25) is 0 Å². The average Bonchev–Trinajstić information content (AvgIpc) is 2.35. The van der Waals surface area contributed by atoms with E-state index in [2.05, 4.69) is 21.9 Å². The van der Waals surface area contributed by atoms with Crippen molar-refractivity contribution < 1.29 is 9.47 Å². The molecule has 0 aromatic carbocycles. The number of hydrogen-bond acceptors (Lipinski definition) is 5. The number of nitrogens with zero attached hydrogens (tertiary/aromatic N) is 2. The highest BCUT2D eigenvalue weighted by Crippen LogP contribution is 2.10. The second kappa shape index (κ2) is 8.52. The molecule has 0 amide bonds. The number of aromatic nitrogens is 2. The zero-order valence-corrected chi connectivity index (χ0v) is 10.2. The van der Waals surface area contributed by atoms with Gasteiger partial charge in [0.25, 0.3) is 0 Å². The summed E-state index contributed by atoms with van der Waals surface area (Å²) in [6, 6.07) is 1.77. The first kappa shape index (κ1) is 13.4. The fourth-order valence-corrected chi connectivity index (χ4v) is 1.18. The predicted molar refractivity (Wildman–Crippen MR) is 67.3 cm³/mol. The van der Waals surface area contributed by atoms with Gasteiger partial charge in [-0.15, -0.1) is 6.58 Å². The molecular weight excluding hydrogens is 218 g/mol. The van der Waals surface area contributed by atoms with Crippen LogP contribution >= 0.6 is 0 Å². The number of rotatable bonds is 9. The van der Waals surface area contributed by atoms with Gasteiger partial charge in [-0.1, -0.05) is 6.08 Å². The van der Waals surface area contributed by atoms with Crippen LogP contribution in [0.5, 0.6) is 5.88 Å². The van der Waals surface area contributed by atoms with Crippen molar-refractivity contribution in [3.8, 4) is 5.88 Å². The van der Waals surface area contributed by atoms with Crippen molar-refractivity contribution in [3.05, 3.63) is 25.0 Å². The molecule has 5 heteroatoms. The third-order valence-corrected chi connectivity index (χ3v) is 1.95. The van der Waals surface area contributed by atoms with Gasteiger partial charge in [-0.2, -0.15) is 0 Å². The van der Waals surface area contributed by atoms with Crippen molar-refractivity contribution in [1.29, 1.82) is 0 Å². The third-order valence-electron chi connectivity index (χ3n) is 1.95. The molecule has 0 aliphatic rings. The summed E-state index contributed by atoms with van der Waals surface area (Å²) in [6.07, 6.45) is 4.19. The van der Waals surface area contributed by atoms with Crippen LogP contribution in [0.15, 0.2) is 25.0 Å². The summed E-state index contributed by atoms with van der Waals surface area (Å²) in [5, 5.41) is 3.14. The van der Waals surface area contributed by atoms with Crippen LogP contribution in [0.25, 0.3) is 0 Å². The van der Waals surface area contributed by atoms with E-state index in [1.54, 1.807) is 6.07 Å². The number of ether oxygens (including phenoxy) is 2. The molecule has 0 radical (unpaired) electrons. The maximum absolute atomic E-state index is 5.37. The lowest BCUT2D eigenvalue weighted by molar-refractivity contribution is 0.149. The van der Waals surface area contributed by atoms with E-state index >= 15 is 0 Å². The molecular formula is C12H19N3O2. The van der Waals surface area contributed by atoms with E-state index in [-0.39, 0.29) is 0 Å². The van der Waals surface area contributed by atoms with Crippen molar-refractivity contribution in [2.75, 3.05) is 31.7 Å². The average molecular weight is 237 g/mol. The van der Waals surface area contributed by atoms with Gasteiger partial charge in [0.05, 0.1) is 19.8 Å². The smallest absolute Gasteiger partial charge is 0.218 e. The van der Waals surface area contributed by atoms with Gasteiger partial charge in [0, 0.05) is 12.6 Å². The van der Waals surface area contributed by atoms with E-state index in [9.17, 15) is 0 Å². The van der Waals surface area contributed by atoms with Gasteiger partial charge in [-0.05, 0) is 13.3 Å². The minimum absolute atomic E-state index is 0.581. The molecule has 0 saturated carbocycles. The van der Waals surface area contributed by atoms with Crippen molar-refractivity contribution in [2.24, 2.45) is 0 Å². The highest BCUT2D eigenvalue weighted by molar-refractivity contribution is 5.36. The predicted octanol–water partition coefficient (Wildman–Crippen LogP) is 1.88. The number of hydrogen-bond donors (Lipinski definition) is 1. The van der Waals surface area contributed by atoms with Crippen LogP contribution in [0.3, 0.4) is 0 Å². The molecule has 0 aliphatic heterocycles. The lowest BCUT2D eigenvalue weighted by Crippen LogP contribution is -2.11. The Bertz CT molecular complexity index is 331. The Labute approximate surface area is 102 Å². The van der Waals surface area contributed by atoms with Crippen LogP contribution < -0.4 is 10.1 Å². The first-order valence-electron chi connectivity index (χ1n) is 5.74. The zero-order chi connectivity index (χ0) is 12.3. The van der Waals surface area contributed by atoms with Gasteiger partial charge in [0.2, 0.25) is 5.88 Å². The van der Waals surface area contributed by atoms with Crippen molar-refractivity contribution in [2.45, 2.75) is 13.3 Å². The first-order chi connectivity index (χ1) is 8.36. The van der Waals surface area contributed by atoms with E-state index in [1.165, 1.54) is 6.33 Å². The van der Waals surface area contributed by atoms with Gasteiger partial charge >= 0.3 is 0 Å². The van der Waals surface area contributed by atoms with Crippen LogP contribution in [-0.4, -0.2) is 36.3 Å². The van der Waals surface area contributed by atoms with E-state index < -0.39 is 0 Å². The summed E-state index contributed by atoms with van der Waals surface area (Å²) in [5.74, 6) is 1.33. The second-order valence-corrected chi connectivity index (χ2v) is 3.29. The lowest BCUT2D eigenvalue weighted by atomic mass is 10.4. The van der Waals surface area contributed by atoms with Gasteiger partial charge in [-0.25, -0.2) is 9.97 Å². The quantitative estimate of drug-likeness (QED) is 0.525. The second-order valence-electron chi connectivity index (χ2n) is 3.29. The van der Waals surface area contributed by atoms with Crippen LogP contribution in [0.1, 0.15) is 13.3 Å². The molecule has 1 rings (SSSR count). The van der Waals surface area contributed by atoms with Crippen LogP contribution in [0.4, 0.5) is 5.82 Å². The van der Waals surface area contributed by atoms with E-state index in [1.807, 2.05) is 13.0 Å². The number of nitrogens with one attached hydrogen (secondary N) is 1. The Balaban J connectivity index is 2.21. The maximum atomic E-state index is 5.37. The molecule has 0 bridgehead atoms. The largest absolute Gasteiger partial charge is 0.478 e. The van der Waals surface area contributed by atoms with E-state index in [4.69, 9.17) is 9.47 Å². The lowest BCUT2D eigenvalue weighted by Gasteiger charge is -2.07. The standard InChI is InChI=1S/C12H19N3O2/c1-3-5-7-16-8-6-13-11-9-12(17-4-2)15-10-14-11/h3,9-10H,1,4-8H2,2H3,(H,13,14,15). The van der Waals surface area contributed by atoms with Crippen LogP contribution in [-0.2, 0) is 4.74 Å². The molecule has 17 heavy (non-hydrogen) atoms. The normalized spacial score (nSPS) is 9.94. The van der Waals surface area contributed by atoms with Gasteiger partial charge in [0.1, 0.15) is 12.1 Å². The summed E-state index contributed by atoms with van der Waals surface area (Å²) in [5.41, 5.74) is 0. The Morgan fingerprint density at radius 3 is 3.06 bits per heavy atom. The van der Waals surface area contributed by atoms with Gasteiger partial charge in [0.15, 0.2) is 0 Å². The summed E-state index contributed by atoms with van der Waals surface area (Å²) < 4.78 is 10.6. The molecule has 1 heterocycles. The van der Waals surface area contributed by atoms with E-state index in [0.717, 1.165) is 12.2 Å². The fourth-order valence-electron chi connectivity index (χ4n) is 1.18. The molecule has 0 spiro atoms. The van der Waals surface area contributed by atoms with Crippen molar-refractivity contribution in [3.63, 3.8) is 0 Å². The summed E-state index contributed by atoms with van der Waals surface area (Å²) in [6.45, 7) is 8.20. The molecule has 1 aromatic heterocycles.